The van der Waals surface area contributed by atoms with Crippen LogP contribution in [0.4, 0.5) is 4.79 Å². The topological polar surface area (TPSA) is 43.7 Å². The van der Waals surface area contributed by atoms with Crippen LogP contribution in [0.25, 0.3) is 5.57 Å². The first-order chi connectivity index (χ1) is 15.4. The number of hydrogen-bond donors (Lipinski definition) is 0. The second kappa shape index (κ2) is 11.4. The van der Waals surface area contributed by atoms with Crippen molar-refractivity contribution in [2.75, 3.05) is 7.05 Å². The van der Waals surface area contributed by atoms with Crippen LogP contribution in [-0.4, -0.2) is 34.8 Å². The molecule has 1 heterocycles. The van der Waals surface area contributed by atoms with E-state index in [-0.39, 0.29) is 12.7 Å². The van der Waals surface area contributed by atoms with Gasteiger partial charge in [-0.15, -0.1) is 0 Å². The lowest BCUT2D eigenvalue weighted by molar-refractivity contribution is 0.0875. The summed E-state index contributed by atoms with van der Waals surface area (Å²) in [7, 11) is 3.84. The maximum absolute atomic E-state index is 12.5. The van der Waals surface area contributed by atoms with E-state index in [1.165, 1.54) is 32.1 Å². The SMILES string of the molecule is C=C(C)/C(=C\C=C(/C)c1ccn(C)c1COC(=O)N(C)C1CCCC1)OC1CCCCC1. The molecule has 2 aliphatic rings. The Morgan fingerprint density at radius 3 is 2.44 bits per heavy atom. The van der Waals surface area contributed by atoms with E-state index >= 15 is 0 Å². The molecule has 2 fully saturated rings. The quantitative estimate of drug-likeness (QED) is 0.332. The predicted octanol–water partition coefficient (Wildman–Crippen LogP) is 6.75. The number of hydrogen-bond acceptors (Lipinski definition) is 3. The van der Waals surface area contributed by atoms with Gasteiger partial charge in [-0.25, -0.2) is 4.79 Å². The first-order valence-electron chi connectivity index (χ1n) is 12.1. The Kier molecular flexibility index (Phi) is 8.66. The summed E-state index contributed by atoms with van der Waals surface area (Å²) in [5.74, 6) is 0.860. The summed E-state index contributed by atoms with van der Waals surface area (Å²) in [6.07, 6.45) is 16.7. The molecule has 2 aliphatic carbocycles. The number of allylic oxidation sites excluding steroid dienone is 4. The normalized spacial score (nSPS) is 18.6. The molecule has 0 aromatic carbocycles. The Balaban J connectivity index is 1.67. The van der Waals surface area contributed by atoms with Crippen LogP contribution in [0.3, 0.4) is 0 Å². The molecule has 2 saturated carbocycles. The van der Waals surface area contributed by atoms with Gasteiger partial charge in [0.2, 0.25) is 0 Å². The van der Waals surface area contributed by atoms with Crippen molar-refractivity contribution in [3.05, 3.63) is 53.6 Å². The predicted molar refractivity (Wildman–Crippen MR) is 130 cm³/mol. The van der Waals surface area contributed by atoms with Gasteiger partial charge < -0.3 is 18.9 Å². The third kappa shape index (κ3) is 6.30. The number of rotatable bonds is 8. The molecule has 1 aromatic rings. The molecule has 0 unspecified atom stereocenters. The van der Waals surface area contributed by atoms with Crippen molar-refractivity contribution in [1.82, 2.24) is 9.47 Å². The largest absolute Gasteiger partial charge is 0.490 e. The minimum absolute atomic E-state index is 0.240. The lowest BCUT2D eigenvalue weighted by Crippen LogP contribution is -2.35. The number of amides is 1. The number of ether oxygens (including phenoxy) is 2. The smallest absolute Gasteiger partial charge is 0.410 e. The van der Waals surface area contributed by atoms with E-state index < -0.39 is 0 Å². The van der Waals surface area contributed by atoms with Crippen LogP contribution in [0.2, 0.25) is 0 Å². The average molecular weight is 441 g/mol. The molecule has 32 heavy (non-hydrogen) atoms. The highest BCUT2D eigenvalue weighted by molar-refractivity contribution is 5.69. The van der Waals surface area contributed by atoms with Crippen LogP contribution in [-0.2, 0) is 23.1 Å². The van der Waals surface area contributed by atoms with Gasteiger partial charge >= 0.3 is 6.09 Å². The van der Waals surface area contributed by atoms with Crippen molar-refractivity contribution in [3.8, 4) is 0 Å². The summed E-state index contributed by atoms with van der Waals surface area (Å²) in [5, 5.41) is 0. The Morgan fingerprint density at radius 2 is 1.78 bits per heavy atom. The van der Waals surface area contributed by atoms with Gasteiger partial charge in [-0.3, -0.25) is 0 Å². The molecule has 1 aromatic heterocycles. The van der Waals surface area contributed by atoms with Crippen LogP contribution in [0.15, 0.2) is 42.3 Å². The monoisotopic (exact) mass is 440 g/mol. The maximum atomic E-state index is 12.5. The third-order valence-electron chi connectivity index (χ3n) is 6.87. The summed E-state index contributed by atoms with van der Waals surface area (Å²) in [6, 6.07) is 2.39. The van der Waals surface area contributed by atoms with Gasteiger partial charge in [-0.1, -0.05) is 31.9 Å². The number of carbonyl (C=O) groups is 1. The summed E-state index contributed by atoms with van der Waals surface area (Å²) in [5.41, 5.74) is 4.12. The standard InChI is InChI=1S/C27H40N2O3/c1-20(2)26(32-23-13-7-6-8-14-23)16-15-21(3)24-17-18-28(4)25(24)19-31-27(30)29(5)22-11-9-10-12-22/h15-18,22-23H,1,6-14,19H2,2-5H3/b21-15+,26-16+. The molecule has 5 heteroatoms. The van der Waals surface area contributed by atoms with Gasteiger partial charge in [-0.2, -0.15) is 0 Å². The van der Waals surface area contributed by atoms with E-state index in [0.717, 1.165) is 53.8 Å². The molecule has 1 amide bonds. The molecular formula is C27H40N2O3. The Bertz CT molecular complexity index is 852. The number of carbonyl (C=O) groups excluding carboxylic acids is 1. The van der Waals surface area contributed by atoms with Crippen molar-refractivity contribution in [3.63, 3.8) is 0 Å². The van der Waals surface area contributed by atoms with E-state index in [1.807, 2.05) is 37.9 Å². The van der Waals surface area contributed by atoms with E-state index in [9.17, 15) is 4.79 Å². The molecule has 176 valence electrons. The van der Waals surface area contributed by atoms with Gasteiger partial charge in [-0.05, 0) is 75.7 Å². The highest BCUT2D eigenvalue weighted by Gasteiger charge is 2.25. The Labute approximate surface area is 193 Å². The van der Waals surface area contributed by atoms with Gasteiger partial charge in [0.1, 0.15) is 12.4 Å². The van der Waals surface area contributed by atoms with Crippen LogP contribution in [0, 0.1) is 0 Å². The van der Waals surface area contributed by atoms with Gasteiger partial charge in [0.15, 0.2) is 0 Å². The fraction of sp³-hybridized carbons (Fsp3) is 0.593. The van der Waals surface area contributed by atoms with E-state index in [4.69, 9.17) is 9.47 Å². The first-order valence-corrected chi connectivity index (χ1v) is 12.1. The molecule has 0 radical (unpaired) electrons. The summed E-state index contributed by atoms with van der Waals surface area (Å²) < 4.78 is 14.0. The second-order valence-corrected chi connectivity index (χ2v) is 9.43. The molecule has 5 nitrogen and oxygen atoms in total. The average Bonchev–Trinajstić information content (AvgIpc) is 3.45. The van der Waals surface area contributed by atoms with E-state index in [0.29, 0.717) is 12.1 Å². The first kappa shape index (κ1) is 24.2. The summed E-state index contributed by atoms with van der Waals surface area (Å²) in [4.78, 5) is 14.3. The fourth-order valence-electron chi connectivity index (χ4n) is 4.71. The highest BCUT2D eigenvalue weighted by atomic mass is 16.6. The molecule has 0 spiro atoms. The van der Waals surface area contributed by atoms with Gasteiger partial charge in [0.25, 0.3) is 0 Å². The lowest BCUT2D eigenvalue weighted by atomic mass is 9.97. The number of nitrogens with zero attached hydrogens (tertiary/aromatic N) is 2. The molecule has 0 atom stereocenters. The van der Waals surface area contributed by atoms with Crippen molar-refractivity contribution >= 4 is 11.7 Å². The van der Waals surface area contributed by atoms with E-state index in [1.54, 1.807) is 4.90 Å². The third-order valence-corrected chi connectivity index (χ3v) is 6.87. The van der Waals surface area contributed by atoms with Crippen LogP contribution in [0.1, 0.15) is 82.9 Å². The lowest BCUT2D eigenvalue weighted by Gasteiger charge is -2.24. The minimum Gasteiger partial charge on any atom is -0.490 e. The number of aromatic nitrogens is 1. The van der Waals surface area contributed by atoms with Crippen LogP contribution < -0.4 is 0 Å². The van der Waals surface area contributed by atoms with Crippen LogP contribution in [0.5, 0.6) is 0 Å². The molecule has 0 aliphatic heterocycles. The van der Waals surface area contributed by atoms with E-state index in [2.05, 4.69) is 25.6 Å². The van der Waals surface area contributed by atoms with Gasteiger partial charge in [0.05, 0.1) is 11.8 Å². The van der Waals surface area contributed by atoms with Gasteiger partial charge in [0, 0.05) is 31.9 Å². The number of aryl methyl sites for hydroxylation is 1. The van der Waals surface area contributed by atoms with Crippen molar-refractivity contribution in [2.24, 2.45) is 7.05 Å². The highest BCUT2D eigenvalue weighted by Crippen LogP contribution is 2.27. The molecule has 3 rings (SSSR count). The molecular weight excluding hydrogens is 400 g/mol. The Hall–Kier alpha value is -2.43. The minimum atomic E-state index is -0.240. The zero-order chi connectivity index (χ0) is 23.1. The molecule has 0 N–H and O–H groups in total. The zero-order valence-electron chi connectivity index (χ0n) is 20.4. The summed E-state index contributed by atoms with van der Waals surface area (Å²) in [6.45, 7) is 8.44. The van der Waals surface area contributed by atoms with Crippen molar-refractivity contribution < 1.29 is 14.3 Å². The van der Waals surface area contributed by atoms with Crippen molar-refractivity contribution in [2.45, 2.75) is 90.4 Å². The zero-order valence-corrected chi connectivity index (χ0v) is 20.4. The fourth-order valence-corrected chi connectivity index (χ4v) is 4.71. The van der Waals surface area contributed by atoms with Crippen LogP contribution >= 0.6 is 0 Å². The summed E-state index contributed by atoms with van der Waals surface area (Å²) >= 11 is 0. The molecule has 0 bridgehead atoms. The maximum Gasteiger partial charge on any atom is 0.410 e. The molecule has 0 saturated heterocycles. The Morgan fingerprint density at radius 1 is 1.12 bits per heavy atom. The second-order valence-electron chi connectivity index (χ2n) is 9.43. The van der Waals surface area contributed by atoms with Crippen molar-refractivity contribution in [1.29, 1.82) is 0 Å².